The van der Waals surface area contributed by atoms with Crippen LogP contribution in [-0.2, 0) is 4.79 Å². The number of para-hydroxylation sites is 1. The lowest BCUT2D eigenvalue weighted by atomic mass is 10.1. The normalized spacial score (nSPS) is 11.8. The molecule has 0 aliphatic rings. The summed E-state index contributed by atoms with van der Waals surface area (Å²) in [4.78, 5) is 24.1. The average molecular weight is 265 g/mol. The van der Waals surface area contributed by atoms with E-state index in [0.717, 1.165) is 5.56 Å². The Hall–Kier alpha value is -2.11. The van der Waals surface area contributed by atoms with Gasteiger partial charge in [-0.05, 0) is 26.3 Å². The second kappa shape index (κ2) is 6.17. The molecule has 0 aliphatic carbocycles. The Morgan fingerprint density at radius 2 is 2.16 bits per heavy atom. The standard InChI is InChI=1S/C13H19N3O3/c1-5-15(4)13(17)10(3)14-12-9(2)7-6-8-11(12)16(18)19/h6-8,10,14H,5H2,1-4H3. The fourth-order valence-corrected chi connectivity index (χ4v) is 1.76. The van der Waals surface area contributed by atoms with Crippen LogP contribution in [0.4, 0.5) is 11.4 Å². The highest BCUT2D eigenvalue weighted by Gasteiger charge is 2.21. The number of nitro groups is 1. The zero-order valence-electron chi connectivity index (χ0n) is 11.6. The number of nitrogens with zero attached hydrogens (tertiary/aromatic N) is 2. The van der Waals surface area contributed by atoms with E-state index in [4.69, 9.17) is 0 Å². The van der Waals surface area contributed by atoms with Crippen LogP contribution >= 0.6 is 0 Å². The number of amides is 1. The Morgan fingerprint density at radius 1 is 1.53 bits per heavy atom. The molecule has 104 valence electrons. The van der Waals surface area contributed by atoms with Gasteiger partial charge in [0.2, 0.25) is 5.91 Å². The zero-order chi connectivity index (χ0) is 14.6. The molecule has 6 heteroatoms. The number of hydrogen-bond donors (Lipinski definition) is 1. The second-order valence-electron chi connectivity index (χ2n) is 4.44. The van der Waals surface area contributed by atoms with E-state index in [9.17, 15) is 14.9 Å². The average Bonchev–Trinajstić information content (AvgIpc) is 2.38. The van der Waals surface area contributed by atoms with E-state index in [0.29, 0.717) is 12.2 Å². The number of likely N-dealkylation sites (N-methyl/N-ethyl adjacent to an activating group) is 1. The molecule has 0 saturated carbocycles. The number of nitrogens with one attached hydrogen (secondary N) is 1. The highest BCUT2D eigenvalue weighted by molar-refractivity contribution is 5.85. The maximum atomic E-state index is 12.0. The molecule has 19 heavy (non-hydrogen) atoms. The van der Waals surface area contributed by atoms with Crippen molar-refractivity contribution in [2.75, 3.05) is 18.9 Å². The number of carbonyl (C=O) groups excluding carboxylic acids is 1. The van der Waals surface area contributed by atoms with Crippen molar-refractivity contribution in [3.05, 3.63) is 33.9 Å². The van der Waals surface area contributed by atoms with Crippen LogP contribution in [0.25, 0.3) is 0 Å². The van der Waals surface area contributed by atoms with Crippen molar-refractivity contribution in [3.8, 4) is 0 Å². The first-order valence-electron chi connectivity index (χ1n) is 6.14. The first-order valence-corrected chi connectivity index (χ1v) is 6.14. The van der Waals surface area contributed by atoms with Gasteiger partial charge >= 0.3 is 0 Å². The Kier molecular flexibility index (Phi) is 4.86. The smallest absolute Gasteiger partial charge is 0.292 e. The summed E-state index contributed by atoms with van der Waals surface area (Å²) in [7, 11) is 1.70. The molecule has 1 aromatic rings. The third-order valence-electron chi connectivity index (χ3n) is 3.03. The Labute approximate surface area is 112 Å². The molecule has 1 unspecified atom stereocenters. The predicted octanol–water partition coefficient (Wildman–Crippen LogP) is 2.18. The number of benzene rings is 1. The topological polar surface area (TPSA) is 75.5 Å². The summed E-state index contributed by atoms with van der Waals surface area (Å²) in [5, 5.41) is 13.9. The van der Waals surface area contributed by atoms with E-state index in [2.05, 4.69) is 5.32 Å². The van der Waals surface area contributed by atoms with Crippen LogP contribution in [0.15, 0.2) is 18.2 Å². The van der Waals surface area contributed by atoms with Crippen molar-refractivity contribution < 1.29 is 9.72 Å². The fraction of sp³-hybridized carbons (Fsp3) is 0.462. The molecule has 6 nitrogen and oxygen atoms in total. The van der Waals surface area contributed by atoms with E-state index in [-0.39, 0.29) is 11.6 Å². The molecule has 0 fully saturated rings. The maximum Gasteiger partial charge on any atom is 0.292 e. The van der Waals surface area contributed by atoms with Crippen molar-refractivity contribution in [2.45, 2.75) is 26.8 Å². The van der Waals surface area contributed by atoms with Crippen LogP contribution in [0.5, 0.6) is 0 Å². The summed E-state index contributed by atoms with van der Waals surface area (Å²) >= 11 is 0. The minimum atomic E-state index is -0.509. The van der Waals surface area contributed by atoms with Gasteiger partial charge in [-0.2, -0.15) is 0 Å². The molecule has 1 amide bonds. The lowest BCUT2D eigenvalue weighted by Crippen LogP contribution is -2.39. The van der Waals surface area contributed by atoms with E-state index < -0.39 is 11.0 Å². The maximum absolute atomic E-state index is 12.0. The van der Waals surface area contributed by atoms with Gasteiger partial charge in [0, 0.05) is 19.7 Å². The summed E-state index contributed by atoms with van der Waals surface area (Å²) < 4.78 is 0. The summed E-state index contributed by atoms with van der Waals surface area (Å²) in [5.41, 5.74) is 1.13. The Bertz CT molecular complexity index is 488. The summed E-state index contributed by atoms with van der Waals surface area (Å²) in [6.45, 7) is 5.95. The highest BCUT2D eigenvalue weighted by Crippen LogP contribution is 2.28. The van der Waals surface area contributed by atoms with Crippen LogP contribution in [-0.4, -0.2) is 35.4 Å². The fourth-order valence-electron chi connectivity index (χ4n) is 1.76. The third-order valence-corrected chi connectivity index (χ3v) is 3.03. The van der Waals surface area contributed by atoms with Crippen molar-refractivity contribution in [1.29, 1.82) is 0 Å². The van der Waals surface area contributed by atoms with Gasteiger partial charge in [-0.3, -0.25) is 14.9 Å². The molecule has 0 spiro atoms. The third kappa shape index (κ3) is 3.43. The van der Waals surface area contributed by atoms with Crippen LogP contribution in [0.3, 0.4) is 0 Å². The van der Waals surface area contributed by atoms with Crippen LogP contribution in [0.2, 0.25) is 0 Å². The highest BCUT2D eigenvalue weighted by atomic mass is 16.6. The number of anilines is 1. The summed E-state index contributed by atoms with van der Waals surface area (Å²) in [6, 6.07) is 4.32. The first-order chi connectivity index (χ1) is 8.88. The Morgan fingerprint density at radius 3 is 2.68 bits per heavy atom. The molecule has 0 radical (unpaired) electrons. The minimum absolute atomic E-state index is 0.0150. The molecular formula is C13H19N3O3. The molecule has 1 aromatic carbocycles. The van der Waals surface area contributed by atoms with Crippen molar-refractivity contribution in [3.63, 3.8) is 0 Å². The Balaban J connectivity index is 2.99. The first kappa shape index (κ1) is 14.9. The molecule has 0 bridgehead atoms. The monoisotopic (exact) mass is 265 g/mol. The van der Waals surface area contributed by atoms with Crippen molar-refractivity contribution >= 4 is 17.3 Å². The molecule has 0 saturated heterocycles. The lowest BCUT2D eigenvalue weighted by molar-refractivity contribution is -0.384. The number of rotatable bonds is 5. The van der Waals surface area contributed by atoms with Gasteiger partial charge < -0.3 is 10.2 Å². The molecule has 1 atom stereocenters. The van der Waals surface area contributed by atoms with Gasteiger partial charge in [-0.1, -0.05) is 12.1 Å². The SMILES string of the molecule is CCN(C)C(=O)C(C)Nc1c(C)cccc1[N+](=O)[O-]. The van der Waals surface area contributed by atoms with E-state index >= 15 is 0 Å². The van der Waals surface area contributed by atoms with Gasteiger partial charge in [0.05, 0.1) is 4.92 Å². The van der Waals surface area contributed by atoms with Gasteiger partial charge in [0.15, 0.2) is 0 Å². The van der Waals surface area contributed by atoms with Gasteiger partial charge in [0.25, 0.3) is 5.69 Å². The van der Waals surface area contributed by atoms with Crippen LogP contribution < -0.4 is 5.32 Å². The predicted molar refractivity (Wildman–Crippen MR) is 74.2 cm³/mol. The molecular weight excluding hydrogens is 246 g/mol. The van der Waals surface area contributed by atoms with Crippen molar-refractivity contribution in [1.82, 2.24) is 4.90 Å². The van der Waals surface area contributed by atoms with Crippen molar-refractivity contribution in [2.24, 2.45) is 0 Å². The number of hydrogen-bond acceptors (Lipinski definition) is 4. The number of carbonyl (C=O) groups is 1. The summed E-state index contributed by atoms with van der Waals surface area (Å²) in [6.07, 6.45) is 0. The molecule has 1 N–H and O–H groups in total. The van der Waals surface area contributed by atoms with Crippen LogP contribution in [0.1, 0.15) is 19.4 Å². The zero-order valence-corrected chi connectivity index (χ0v) is 11.6. The van der Waals surface area contributed by atoms with Gasteiger partial charge in [-0.25, -0.2) is 0 Å². The number of aryl methyl sites for hydroxylation is 1. The minimum Gasteiger partial charge on any atom is -0.368 e. The molecule has 1 rings (SSSR count). The molecule has 0 heterocycles. The summed E-state index contributed by atoms with van der Waals surface area (Å²) in [5.74, 6) is -0.0972. The van der Waals surface area contributed by atoms with E-state index in [1.165, 1.54) is 6.07 Å². The van der Waals surface area contributed by atoms with E-state index in [1.807, 2.05) is 6.92 Å². The largest absolute Gasteiger partial charge is 0.368 e. The van der Waals surface area contributed by atoms with E-state index in [1.54, 1.807) is 37.9 Å². The number of nitro benzene ring substituents is 1. The van der Waals surface area contributed by atoms with Crippen LogP contribution in [0, 0.1) is 17.0 Å². The molecule has 0 aliphatic heterocycles. The van der Waals surface area contributed by atoms with Gasteiger partial charge in [-0.15, -0.1) is 0 Å². The quantitative estimate of drug-likeness (QED) is 0.654. The second-order valence-corrected chi connectivity index (χ2v) is 4.44. The van der Waals surface area contributed by atoms with Gasteiger partial charge in [0.1, 0.15) is 11.7 Å². The lowest BCUT2D eigenvalue weighted by Gasteiger charge is -2.22. The molecule has 0 aromatic heterocycles.